The largest absolute Gasteiger partial charge is 0.453 e. The number of ether oxygens (including phenoxy) is 1. The Balaban J connectivity index is 0.000000711. The molecule has 0 atom stereocenters. The third-order valence-electron chi connectivity index (χ3n) is 1.79. The Labute approximate surface area is 117 Å². The highest BCUT2D eigenvalue weighted by Gasteiger charge is 2.04. The molecular formula is C12H17N3O3S. The fourth-order valence-corrected chi connectivity index (χ4v) is 1.20. The molecule has 1 aromatic carbocycles. The number of para-hydroxylation sites is 1. The van der Waals surface area contributed by atoms with E-state index < -0.39 is 6.09 Å². The number of hydrogen-bond acceptors (Lipinski definition) is 4. The van der Waals surface area contributed by atoms with Crippen LogP contribution in [0.2, 0.25) is 0 Å². The van der Waals surface area contributed by atoms with Crippen LogP contribution in [0.4, 0.5) is 10.5 Å². The lowest BCUT2D eigenvalue weighted by Gasteiger charge is -2.10. The Hall–Kier alpha value is -2.15. The van der Waals surface area contributed by atoms with E-state index in [1.165, 1.54) is 14.0 Å². The van der Waals surface area contributed by atoms with Crippen LogP contribution >= 0.6 is 12.2 Å². The van der Waals surface area contributed by atoms with Gasteiger partial charge in [-0.15, -0.1) is 0 Å². The highest BCUT2D eigenvalue weighted by molar-refractivity contribution is 7.80. The van der Waals surface area contributed by atoms with Gasteiger partial charge in [-0.05, 0) is 30.8 Å². The highest BCUT2D eigenvalue weighted by atomic mass is 32.1. The van der Waals surface area contributed by atoms with E-state index in [0.29, 0.717) is 0 Å². The number of nitrogens with two attached hydrogens (primary N) is 1. The van der Waals surface area contributed by atoms with Gasteiger partial charge in [-0.1, -0.05) is 18.2 Å². The molecule has 1 aromatic rings. The van der Waals surface area contributed by atoms with Gasteiger partial charge in [0.25, 0.3) is 0 Å². The van der Waals surface area contributed by atoms with Gasteiger partial charge in [0, 0.05) is 12.6 Å². The average molecular weight is 283 g/mol. The van der Waals surface area contributed by atoms with Gasteiger partial charge in [-0.2, -0.15) is 0 Å². The normalized spacial score (nSPS) is 8.58. The number of anilines is 1. The molecule has 0 aliphatic heterocycles. The van der Waals surface area contributed by atoms with Crippen molar-refractivity contribution in [1.29, 1.82) is 0 Å². The van der Waals surface area contributed by atoms with Gasteiger partial charge < -0.3 is 15.8 Å². The summed E-state index contributed by atoms with van der Waals surface area (Å²) in [6.45, 7) is 3.25. The first-order valence-electron chi connectivity index (χ1n) is 5.34. The van der Waals surface area contributed by atoms with Crippen LogP contribution < -0.4 is 16.4 Å². The number of hydrogen-bond donors (Lipinski definition) is 3. The van der Waals surface area contributed by atoms with E-state index in [1.54, 1.807) is 0 Å². The van der Waals surface area contributed by atoms with E-state index in [2.05, 4.69) is 21.1 Å². The summed E-state index contributed by atoms with van der Waals surface area (Å²) in [5.41, 5.74) is 6.38. The number of benzene rings is 1. The number of thiocarbonyl (C=S) groups is 1. The van der Waals surface area contributed by atoms with Gasteiger partial charge in [0.15, 0.2) is 5.11 Å². The summed E-state index contributed by atoms with van der Waals surface area (Å²) < 4.78 is 4.41. The first-order chi connectivity index (χ1) is 8.86. The summed E-state index contributed by atoms with van der Waals surface area (Å²) in [7, 11) is 1.28. The Morgan fingerprint density at radius 2 is 1.84 bits per heavy atom. The van der Waals surface area contributed by atoms with Crippen LogP contribution in [0.25, 0.3) is 0 Å². The van der Waals surface area contributed by atoms with E-state index in [0.717, 1.165) is 11.3 Å². The van der Waals surface area contributed by atoms with Crippen molar-refractivity contribution in [3.63, 3.8) is 0 Å². The third-order valence-corrected chi connectivity index (χ3v) is 2.00. The van der Waals surface area contributed by atoms with Crippen molar-refractivity contribution >= 4 is 35.0 Å². The topological polar surface area (TPSA) is 93.5 Å². The fourth-order valence-electron chi connectivity index (χ4n) is 1.01. The van der Waals surface area contributed by atoms with Crippen molar-refractivity contribution in [2.24, 2.45) is 5.73 Å². The number of methoxy groups -OCH3 is 1. The molecule has 0 unspecified atom stereocenters. The Kier molecular flexibility index (Phi) is 7.87. The number of rotatable bonds is 1. The number of carbonyl (C=O) groups is 2. The van der Waals surface area contributed by atoms with Crippen molar-refractivity contribution in [3.05, 3.63) is 29.8 Å². The van der Waals surface area contributed by atoms with Crippen molar-refractivity contribution < 1.29 is 14.3 Å². The number of nitrogens with one attached hydrogen (secondary N) is 2. The zero-order valence-electron chi connectivity index (χ0n) is 11.0. The van der Waals surface area contributed by atoms with Crippen LogP contribution in [-0.4, -0.2) is 24.2 Å². The summed E-state index contributed by atoms with van der Waals surface area (Å²) in [5, 5.41) is 5.48. The molecule has 0 aliphatic carbocycles. The molecule has 19 heavy (non-hydrogen) atoms. The molecular weight excluding hydrogens is 266 g/mol. The van der Waals surface area contributed by atoms with E-state index in [1.807, 2.05) is 31.2 Å². The van der Waals surface area contributed by atoms with Crippen LogP contribution in [0.5, 0.6) is 0 Å². The van der Waals surface area contributed by atoms with Gasteiger partial charge in [0.05, 0.1) is 7.11 Å². The minimum Gasteiger partial charge on any atom is -0.453 e. The Morgan fingerprint density at radius 3 is 2.32 bits per heavy atom. The second-order valence-electron chi connectivity index (χ2n) is 3.50. The maximum atomic E-state index is 10.8. The standard InChI is InChI=1S/C10H12N2O2S.C2H5NO/c1-7-5-3-4-6-8(7)11-9(15)12-10(13)14-2;1-2(3)4/h3-6H,1-2H3,(H2,11,12,13,15);1H3,(H2,3,4). The predicted molar refractivity (Wildman–Crippen MR) is 77.8 cm³/mol. The number of carbonyl (C=O) groups excluding carboxylic acids is 2. The van der Waals surface area contributed by atoms with Crippen LogP contribution in [-0.2, 0) is 9.53 Å². The molecule has 0 fully saturated rings. The summed E-state index contributed by atoms with van der Waals surface area (Å²) in [5.74, 6) is -0.333. The molecule has 4 N–H and O–H groups in total. The lowest BCUT2D eigenvalue weighted by atomic mass is 10.2. The lowest BCUT2D eigenvalue weighted by molar-refractivity contribution is -0.115. The number of primary amides is 1. The van der Waals surface area contributed by atoms with E-state index in [-0.39, 0.29) is 11.0 Å². The van der Waals surface area contributed by atoms with Crippen LogP contribution in [0, 0.1) is 6.92 Å². The molecule has 0 heterocycles. The smallest absolute Gasteiger partial charge is 0.413 e. The van der Waals surface area contributed by atoms with Gasteiger partial charge >= 0.3 is 6.09 Å². The molecule has 0 bridgehead atoms. The molecule has 6 nitrogen and oxygen atoms in total. The van der Waals surface area contributed by atoms with Crippen LogP contribution in [0.15, 0.2) is 24.3 Å². The number of amides is 2. The van der Waals surface area contributed by atoms with Gasteiger partial charge in [-0.25, -0.2) is 4.79 Å². The minimum atomic E-state index is -0.582. The lowest BCUT2D eigenvalue weighted by Crippen LogP contribution is -2.34. The summed E-state index contributed by atoms with van der Waals surface area (Å²) in [6, 6.07) is 7.64. The van der Waals surface area contributed by atoms with Gasteiger partial charge in [0.2, 0.25) is 5.91 Å². The van der Waals surface area contributed by atoms with Crippen molar-refractivity contribution in [3.8, 4) is 0 Å². The number of alkyl carbamates (subject to hydrolysis) is 1. The molecule has 0 spiro atoms. The minimum absolute atomic E-state index is 0.219. The van der Waals surface area contributed by atoms with Gasteiger partial charge in [0.1, 0.15) is 0 Å². The Morgan fingerprint density at radius 1 is 1.32 bits per heavy atom. The average Bonchev–Trinajstić information content (AvgIpc) is 2.31. The monoisotopic (exact) mass is 283 g/mol. The maximum absolute atomic E-state index is 10.8. The van der Waals surface area contributed by atoms with E-state index in [9.17, 15) is 9.59 Å². The summed E-state index contributed by atoms with van der Waals surface area (Å²) >= 11 is 4.92. The molecule has 104 valence electrons. The molecule has 0 aromatic heterocycles. The van der Waals surface area contributed by atoms with Crippen LogP contribution in [0.3, 0.4) is 0 Å². The quantitative estimate of drug-likeness (QED) is 0.680. The third kappa shape index (κ3) is 8.56. The summed E-state index contributed by atoms with van der Waals surface area (Å²) in [6.07, 6.45) is -0.582. The molecule has 2 amide bonds. The predicted octanol–water partition coefficient (Wildman–Crippen LogP) is 1.54. The first-order valence-corrected chi connectivity index (χ1v) is 5.75. The molecule has 0 aliphatic rings. The Bertz CT molecular complexity index is 459. The van der Waals surface area contributed by atoms with Crippen molar-refractivity contribution in [2.45, 2.75) is 13.8 Å². The molecule has 7 heteroatoms. The summed E-state index contributed by atoms with van der Waals surface area (Å²) in [4.78, 5) is 20.1. The zero-order valence-corrected chi connectivity index (χ0v) is 11.8. The SMILES string of the molecule is CC(N)=O.COC(=O)NC(=S)Nc1ccccc1C. The maximum Gasteiger partial charge on any atom is 0.413 e. The molecule has 1 rings (SSSR count). The second-order valence-corrected chi connectivity index (χ2v) is 3.90. The van der Waals surface area contributed by atoms with E-state index in [4.69, 9.17) is 12.2 Å². The zero-order chi connectivity index (χ0) is 14.8. The molecule has 0 saturated heterocycles. The first kappa shape index (κ1) is 16.9. The van der Waals surface area contributed by atoms with Gasteiger partial charge in [-0.3, -0.25) is 10.1 Å². The molecule has 0 radical (unpaired) electrons. The van der Waals surface area contributed by atoms with Crippen molar-refractivity contribution in [2.75, 3.05) is 12.4 Å². The van der Waals surface area contributed by atoms with Crippen LogP contribution in [0.1, 0.15) is 12.5 Å². The highest BCUT2D eigenvalue weighted by Crippen LogP contribution is 2.12. The second kappa shape index (κ2) is 8.87. The van der Waals surface area contributed by atoms with Crippen molar-refractivity contribution in [1.82, 2.24) is 5.32 Å². The van der Waals surface area contributed by atoms with E-state index >= 15 is 0 Å². The molecule has 0 saturated carbocycles. The number of aryl methyl sites for hydroxylation is 1. The fraction of sp³-hybridized carbons (Fsp3) is 0.250.